The largest absolute Gasteiger partial charge is 0.396 e. The van der Waals surface area contributed by atoms with Crippen molar-refractivity contribution >= 4 is 11.5 Å². The van der Waals surface area contributed by atoms with Crippen LogP contribution in [0.25, 0.3) is 0 Å². The van der Waals surface area contributed by atoms with Gasteiger partial charge >= 0.3 is 0 Å². The fourth-order valence-electron chi connectivity index (χ4n) is 2.51. The Hall–Kier alpha value is -1.35. The highest BCUT2D eigenvalue weighted by Gasteiger charge is 2.23. The fraction of sp³-hybridized carbons (Fsp3) is 0.500. The minimum Gasteiger partial charge on any atom is -0.396 e. The average Bonchev–Trinajstić information content (AvgIpc) is 2.78. The van der Waals surface area contributed by atoms with Crippen molar-refractivity contribution in [3.05, 3.63) is 29.8 Å². The summed E-state index contributed by atoms with van der Waals surface area (Å²) in [6.45, 7) is 2.87. The molecule has 3 heteroatoms. The topological polar surface area (TPSA) is 40.5 Å². The first-order chi connectivity index (χ1) is 8.22. The number of carbonyl (C=O) groups is 1. The zero-order valence-electron chi connectivity index (χ0n) is 10.2. The first kappa shape index (κ1) is 12.1. The molecule has 0 aromatic heterocycles. The molecule has 1 aromatic carbocycles. The highest BCUT2D eigenvalue weighted by Crippen LogP contribution is 2.27. The molecule has 0 bridgehead atoms. The number of carbonyl (C=O) groups excluding carboxylic acids is 1. The molecule has 17 heavy (non-hydrogen) atoms. The van der Waals surface area contributed by atoms with Gasteiger partial charge in [-0.3, -0.25) is 4.79 Å². The van der Waals surface area contributed by atoms with E-state index in [0.717, 1.165) is 30.6 Å². The Bertz CT molecular complexity index is 386. The van der Waals surface area contributed by atoms with Crippen LogP contribution >= 0.6 is 0 Å². The van der Waals surface area contributed by atoms with Crippen LogP contribution in [-0.2, 0) is 0 Å². The molecular weight excluding hydrogens is 214 g/mol. The van der Waals surface area contributed by atoms with Crippen molar-refractivity contribution in [1.29, 1.82) is 0 Å². The van der Waals surface area contributed by atoms with Crippen LogP contribution in [0.3, 0.4) is 0 Å². The maximum absolute atomic E-state index is 11.2. The molecule has 0 amide bonds. The van der Waals surface area contributed by atoms with Gasteiger partial charge in [0.15, 0.2) is 5.78 Å². The van der Waals surface area contributed by atoms with Gasteiger partial charge in [0.2, 0.25) is 0 Å². The minimum absolute atomic E-state index is 0.102. The van der Waals surface area contributed by atoms with Crippen LogP contribution in [0.2, 0.25) is 0 Å². The molecule has 0 saturated carbocycles. The third-order valence-corrected chi connectivity index (χ3v) is 3.44. The Balaban J connectivity index is 2.13. The van der Waals surface area contributed by atoms with Crippen LogP contribution in [0.15, 0.2) is 24.3 Å². The zero-order valence-corrected chi connectivity index (χ0v) is 10.2. The lowest BCUT2D eigenvalue weighted by molar-refractivity contribution is 0.101. The first-order valence-corrected chi connectivity index (χ1v) is 6.21. The number of rotatable bonds is 4. The SMILES string of the molecule is CC(=O)c1ccc(N2CCCC2CCO)cc1. The summed E-state index contributed by atoms with van der Waals surface area (Å²) in [6.07, 6.45) is 3.16. The Morgan fingerprint density at radius 3 is 2.71 bits per heavy atom. The van der Waals surface area contributed by atoms with Crippen molar-refractivity contribution < 1.29 is 9.90 Å². The van der Waals surface area contributed by atoms with Crippen molar-refractivity contribution in [3.8, 4) is 0 Å². The number of anilines is 1. The second kappa shape index (κ2) is 5.32. The quantitative estimate of drug-likeness (QED) is 0.811. The van der Waals surface area contributed by atoms with Gasteiger partial charge in [0, 0.05) is 30.4 Å². The summed E-state index contributed by atoms with van der Waals surface area (Å²) in [5.41, 5.74) is 1.91. The first-order valence-electron chi connectivity index (χ1n) is 6.21. The summed E-state index contributed by atoms with van der Waals surface area (Å²) >= 11 is 0. The summed E-state index contributed by atoms with van der Waals surface area (Å²) in [5, 5.41) is 9.04. The molecule has 1 aromatic rings. The molecule has 1 aliphatic heterocycles. The molecule has 92 valence electrons. The fourth-order valence-corrected chi connectivity index (χ4v) is 2.51. The lowest BCUT2D eigenvalue weighted by Crippen LogP contribution is -2.29. The van der Waals surface area contributed by atoms with Gasteiger partial charge in [0.25, 0.3) is 0 Å². The van der Waals surface area contributed by atoms with E-state index in [1.54, 1.807) is 6.92 Å². The Labute approximate surface area is 102 Å². The number of aliphatic hydroxyl groups is 1. The van der Waals surface area contributed by atoms with Crippen LogP contribution in [0.1, 0.15) is 36.5 Å². The highest BCUT2D eigenvalue weighted by molar-refractivity contribution is 5.94. The van der Waals surface area contributed by atoms with E-state index in [2.05, 4.69) is 4.90 Å². The van der Waals surface area contributed by atoms with Crippen molar-refractivity contribution in [1.82, 2.24) is 0 Å². The second-order valence-electron chi connectivity index (χ2n) is 4.60. The number of nitrogens with zero attached hydrogens (tertiary/aromatic N) is 1. The van der Waals surface area contributed by atoms with Crippen molar-refractivity contribution in [2.45, 2.75) is 32.2 Å². The van der Waals surface area contributed by atoms with E-state index >= 15 is 0 Å². The van der Waals surface area contributed by atoms with Crippen LogP contribution in [0, 0.1) is 0 Å². The van der Waals surface area contributed by atoms with Crippen LogP contribution in [-0.4, -0.2) is 30.1 Å². The highest BCUT2D eigenvalue weighted by atomic mass is 16.3. The molecular formula is C14H19NO2. The second-order valence-corrected chi connectivity index (χ2v) is 4.60. The number of benzene rings is 1. The summed E-state index contributed by atoms with van der Waals surface area (Å²) in [5.74, 6) is 0.102. The number of Topliss-reactive ketones (excluding diaryl/α,β-unsaturated/α-hetero) is 1. The minimum atomic E-state index is 0.102. The maximum atomic E-state index is 11.2. The van der Waals surface area contributed by atoms with Gasteiger partial charge in [-0.05, 0) is 50.5 Å². The van der Waals surface area contributed by atoms with E-state index in [4.69, 9.17) is 5.11 Å². The number of hydrogen-bond donors (Lipinski definition) is 1. The number of ketones is 1. The molecule has 0 spiro atoms. The Kier molecular flexibility index (Phi) is 3.79. The standard InChI is InChI=1S/C14H19NO2/c1-11(17)12-4-6-14(7-5-12)15-9-2-3-13(15)8-10-16/h4-7,13,16H,2-3,8-10H2,1H3. The summed E-state index contributed by atoms with van der Waals surface area (Å²) in [6, 6.07) is 8.22. The van der Waals surface area contributed by atoms with Crippen molar-refractivity contribution in [3.63, 3.8) is 0 Å². The molecule has 1 aliphatic rings. The van der Waals surface area contributed by atoms with Crippen molar-refractivity contribution in [2.24, 2.45) is 0 Å². The number of aliphatic hydroxyl groups excluding tert-OH is 1. The monoisotopic (exact) mass is 233 g/mol. The molecule has 0 radical (unpaired) electrons. The lowest BCUT2D eigenvalue weighted by atomic mass is 10.1. The zero-order chi connectivity index (χ0) is 12.3. The van der Waals surface area contributed by atoms with Gasteiger partial charge in [-0.1, -0.05) is 0 Å². The summed E-state index contributed by atoms with van der Waals surface area (Å²) in [7, 11) is 0. The molecule has 3 nitrogen and oxygen atoms in total. The third-order valence-electron chi connectivity index (χ3n) is 3.44. The molecule has 2 rings (SSSR count). The Morgan fingerprint density at radius 2 is 2.12 bits per heavy atom. The summed E-state index contributed by atoms with van der Waals surface area (Å²) < 4.78 is 0. The maximum Gasteiger partial charge on any atom is 0.159 e. The molecule has 1 fully saturated rings. The van der Waals surface area contributed by atoms with E-state index in [9.17, 15) is 4.79 Å². The van der Waals surface area contributed by atoms with Crippen LogP contribution < -0.4 is 4.90 Å². The van der Waals surface area contributed by atoms with Gasteiger partial charge < -0.3 is 10.0 Å². The molecule has 1 atom stereocenters. The average molecular weight is 233 g/mol. The van der Waals surface area contributed by atoms with Crippen LogP contribution in [0.5, 0.6) is 0 Å². The molecule has 0 aliphatic carbocycles. The normalized spacial score (nSPS) is 19.6. The number of hydrogen-bond acceptors (Lipinski definition) is 3. The van der Waals surface area contributed by atoms with Gasteiger partial charge in [-0.2, -0.15) is 0 Å². The van der Waals surface area contributed by atoms with E-state index in [1.165, 1.54) is 6.42 Å². The van der Waals surface area contributed by atoms with Gasteiger partial charge in [0.05, 0.1) is 0 Å². The molecule has 1 unspecified atom stereocenters. The molecule has 1 saturated heterocycles. The van der Waals surface area contributed by atoms with Gasteiger partial charge in [-0.25, -0.2) is 0 Å². The van der Waals surface area contributed by atoms with Crippen LogP contribution in [0.4, 0.5) is 5.69 Å². The lowest BCUT2D eigenvalue weighted by Gasteiger charge is -2.26. The van der Waals surface area contributed by atoms with Crippen molar-refractivity contribution in [2.75, 3.05) is 18.1 Å². The summed E-state index contributed by atoms with van der Waals surface area (Å²) in [4.78, 5) is 13.5. The van der Waals surface area contributed by atoms with E-state index < -0.39 is 0 Å². The van der Waals surface area contributed by atoms with E-state index in [1.807, 2.05) is 24.3 Å². The smallest absolute Gasteiger partial charge is 0.159 e. The Morgan fingerprint density at radius 1 is 1.41 bits per heavy atom. The van der Waals surface area contributed by atoms with Gasteiger partial charge in [0.1, 0.15) is 0 Å². The molecule has 1 heterocycles. The molecule has 1 N–H and O–H groups in total. The van der Waals surface area contributed by atoms with Gasteiger partial charge in [-0.15, -0.1) is 0 Å². The van der Waals surface area contributed by atoms with E-state index in [0.29, 0.717) is 6.04 Å². The third kappa shape index (κ3) is 2.67. The van der Waals surface area contributed by atoms with E-state index in [-0.39, 0.29) is 12.4 Å². The predicted molar refractivity (Wildman–Crippen MR) is 68.5 cm³/mol. The predicted octanol–water partition coefficient (Wildman–Crippen LogP) is 2.24.